The zero-order chi connectivity index (χ0) is 20.4. The van der Waals surface area contributed by atoms with Gasteiger partial charge in [0.2, 0.25) is 5.91 Å². The van der Waals surface area contributed by atoms with E-state index in [4.69, 9.17) is 4.74 Å². The third kappa shape index (κ3) is 3.57. The molecule has 0 aliphatic heterocycles. The molecule has 29 heavy (non-hydrogen) atoms. The molecule has 0 aliphatic carbocycles. The van der Waals surface area contributed by atoms with Crippen molar-refractivity contribution in [2.24, 2.45) is 0 Å². The number of aromatic nitrogens is 4. The van der Waals surface area contributed by atoms with Crippen molar-refractivity contribution in [1.82, 2.24) is 19.3 Å². The molecule has 8 nitrogen and oxygen atoms in total. The minimum absolute atomic E-state index is 0.221. The first-order valence-corrected chi connectivity index (χ1v) is 8.69. The third-order valence-electron chi connectivity index (χ3n) is 4.32. The Hall–Kier alpha value is -4.01. The number of rotatable bonds is 5. The number of amides is 1. The SMILES string of the molecule is COc1ccccc1NC(=O)Cn1cnc2c(cnn2-c2ccc(F)cc2)c1=O. The Morgan fingerprint density at radius 1 is 1.17 bits per heavy atom. The maximum absolute atomic E-state index is 13.1. The summed E-state index contributed by atoms with van der Waals surface area (Å²) < 4.78 is 21.0. The molecule has 0 saturated heterocycles. The highest BCUT2D eigenvalue weighted by atomic mass is 19.1. The fourth-order valence-electron chi connectivity index (χ4n) is 2.92. The molecule has 0 spiro atoms. The van der Waals surface area contributed by atoms with Gasteiger partial charge >= 0.3 is 0 Å². The number of para-hydroxylation sites is 2. The molecule has 0 aliphatic rings. The molecule has 2 aromatic heterocycles. The first-order valence-electron chi connectivity index (χ1n) is 8.69. The number of fused-ring (bicyclic) bond motifs is 1. The van der Waals surface area contributed by atoms with Crippen molar-refractivity contribution < 1.29 is 13.9 Å². The lowest BCUT2D eigenvalue weighted by molar-refractivity contribution is -0.116. The number of hydrogen-bond acceptors (Lipinski definition) is 5. The standard InChI is InChI=1S/C20H16FN5O3/c1-29-17-5-3-2-4-16(17)24-18(27)11-25-12-22-19-15(20(25)28)10-23-26(19)14-8-6-13(21)7-9-14/h2-10,12H,11H2,1H3,(H,24,27). The van der Waals surface area contributed by atoms with Crippen molar-refractivity contribution in [3.05, 3.63) is 77.2 Å². The van der Waals surface area contributed by atoms with Gasteiger partial charge in [-0.25, -0.2) is 14.1 Å². The highest BCUT2D eigenvalue weighted by molar-refractivity contribution is 5.92. The quantitative estimate of drug-likeness (QED) is 0.562. The summed E-state index contributed by atoms with van der Waals surface area (Å²) in [6.07, 6.45) is 2.66. The Labute approximate surface area is 164 Å². The predicted molar refractivity (Wildman–Crippen MR) is 105 cm³/mol. The summed E-state index contributed by atoms with van der Waals surface area (Å²) in [5, 5.41) is 7.13. The summed E-state index contributed by atoms with van der Waals surface area (Å²) in [6, 6.07) is 12.6. The van der Waals surface area contributed by atoms with E-state index < -0.39 is 11.5 Å². The Kier molecular flexibility index (Phi) is 4.78. The molecular weight excluding hydrogens is 377 g/mol. The molecule has 4 aromatic rings. The zero-order valence-electron chi connectivity index (χ0n) is 15.4. The van der Waals surface area contributed by atoms with Gasteiger partial charge in [0, 0.05) is 0 Å². The van der Waals surface area contributed by atoms with Crippen LogP contribution in [0.4, 0.5) is 10.1 Å². The van der Waals surface area contributed by atoms with Crippen molar-refractivity contribution in [3.8, 4) is 11.4 Å². The van der Waals surface area contributed by atoms with Gasteiger partial charge in [0.1, 0.15) is 29.8 Å². The van der Waals surface area contributed by atoms with Gasteiger partial charge in [0.15, 0.2) is 5.65 Å². The van der Waals surface area contributed by atoms with Gasteiger partial charge in [-0.15, -0.1) is 0 Å². The number of hydrogen-bond donors (Lipinski definition) is 1. The molecule has 0 unspecified atom stereocenters. The van der Waals surface area contributed by atoms with Gasteiger partial charge in [0.25, 0.3) is 5.56 Å². The number of nitrogens with zero attached hydrogens (tertiary/aromatic N) is 4. The van der Waals surface area contributed by atoms with E-state index >= 15 is 0 Å². The second-order valence-corrected chi connectivity index (χ2v) is 6.20. The van der Waals surface area contributed by atoms with Crippen LogP contribution in [0.5, 0.6) is 5.75 Å². The number of halogens is 1. The molecule has 1 N–H and O–H groups in total. The second-order valence-electron chi connectivity index (χ2n) is 6.20. The van der Waals surface area contributed by atoms with Gasteiger partial charge in [-0.3, -0.25) is 14.2 Å². The molecule has 0 radical (unpaired) electrons. The highest BCUT2D eigenvalue weighted by Crippen LogP contribution is 2.22. The van der Waals surface area contributed by atoms with Gasteiger partial charge in [-0.1, -0.05) is 12.1 Å². The Morgan fingerprint density at radius 3 is 2.69 bits per heavy atom. The number of carbonyl (C=O) groups is 1. The molecule has 9 heteroatoms. The van der Waals surface area contributed by atoms with E-state index in [1.807, 2.05) is 0 Å². The van der Waals surface area contributed by atoms with Crippen LogP contribution in [0.25, 0.3) is 16.7 Å². The molecule has 2 heterocycles. The Morgan fingerprint density at radius 2 is 1.93 bits per heavy atom. The number of ether oxygens (including phenoxy) is 1. The lowest BCUT2D eigenvalue weighted by Crippen LogP contribution is -2.28. The van der Waals surface area contributed by atoms with E-state index in [1.165, 1.54) is 53.1 Å². The maximum atomic E-state index is 13.1. The number of methoxy groups -OCH3 is 1. The Bertz CT molecular complexity index is 1250. The topological polar surface area (TPSA) is 91.0 Å². The Balaban J connectivity index is 1.60. The number of anilines is 1. The van der Waals surface area contributed by atoms with Crippen LogP contribution in [0, 0.1) is 5.82 Å². The molecule has 0 atom stereocenters. The first kappa shape index (κ1) is 18.4. The monoisotopic (exact) mass is 393 g/mol. The molecular formula is C20H16FN5O3. The van der Waals surface area contributed by atoms with Crippen LogP contribution in [0.1, 0.15) is 0 Å². The van der Waals surface area contributed by atoms with E-state index in [0.717, 1.165) is 0 Å². The van der Waals surface area contributed by atoms with Gasteiger partial charge < -0.3 is 10.1 Å². The van der Waals surface area contributed by atoms with Crippen molar-refractivity contribution >= 4 is 22.6 Å². The fourth-order valence-corrected chi connectivity index (χ4v) is 2.92. The summed E-state index contributed by atoms with van der Waals surface area (Å²) in [5.74, 6) is -0.257. The van der Waals surface area contributed by atoms with Crippen molar-refractivity contribution in [2.45, 2.75) is 6.54 Å². The van der Waals surface area contributed by atoms with Gasteiger partial charge in [0.05, 0.1) is 24.7 Å². The molecule has 146 valence electrons. The van der Waals surface area contributed by atoms with Gasteiger partial charge in [-0.2, -0.15) is 5.10 Å². The average molecular weight is 393 g/mol. The van der Waals surface area contributed by atoms with Crippen LogP contribution < -0.4 is 15.6 Å². The van der Waals surface area contributed by atoms with Crippen molar-refractivity contribution in [3.63, 3.8) is 0 Å². The summed E-state index contributed by atoms with van der Waals surface area (Å²) in [6.45, 7) is -0.221. The number of nitrogens with one attached hydrogen (secondary N) is 1. The largest absolute Gasteiger partial charge is 0.495 e. The lowest BCUT2D eigenvalue weighted by atomic mass is 10.3. The number of benzene rings is 2. The molecule has 0 bridgehead atoms. The van der Waals surface area contributed by atoms with E-state index in [2.05, 4.69) is 15.4 Å². The van der Waals surface area contributed by atoms with Crippen LogP contribution in [0.3, 0.4) is 0 Å². The van der Waals surface area contributed by atoms with Gasteiger partial charge in [-0.05, 0) is 36.4 Å². The van der Waals surface area contributed by atoms with E-state index in [0.29, 0.717) is 22.8 Å². The smallest absolute Gasteiger partial charge is 0.264 e. The second kappa shape index (κ2) is 7.55. The summed E-state index contributed by atoms with van der Waals surface area (Å²) in [5.41, 5.74) is 0.993. The highest BCUT2D eigenvalue weighted by Gasteiger charge is 2.14. The minimum Gasteiger partial charge on any atom is -0.495 e. The van der Waals surface area contributed by atoms with Crippen LogP contribution in [-0.2, 0) is 11.3 Å². The fraction of sp³-hybridized carbons (Fsp3) is 0.100. The van der Waals surface area contributed by atoms with E-state index in [1.54, 1.807) is 24.3 Å². The normalized spacial score (nSPS) is 10.8. The van der Waals surface area contributed by atoms with E-state index in [-0.39, 0.29) is 17.7 Å². The van der Waals surface area contributed by atoms with Crippen LogP contribution in [0.15, 0.2) is 65.8 Å². The van der Waals surface area contributed by atoms with Crippen LogP contribution in [0.2, 0.25) is 0 Å². The average Bonchev–Trinajstić information content (AvgIpc) is 3.16. The minimum atomic E-state index is -0.404. The van der Waals surface area contributed by atoms with Crippen molar-refractivity contribution in [1.29, 1.82) is 0 Å². The lowest BCUT2D eigenvalue weighted by Gasteiger charge is -2.10. The number of carbonyl (C=O) groups excluding carboxylic acids is 1. The van der Waals surface area contributed by atoms with Crippen LogP contribution in [-0.4, -0.2) is 32.3 Å². The third-order valence-corrected chi connectivity index (χ3v) is 4.32. The maximum Gasteiger partial charge on any atom is 0.264 e. The molecule has 4 rings (SSSR count). The van der Waals surface area contributed by atoms with E-state index in [9.17, 15) is 14.0 Å². The summed E-state index contributed by atoms with van der Waals surface area (Å²) in [4.78, 5) is 29.4. The predicted octanol–water partition coefficient (Wildman–Crippen LogP) is 2.37. The molecule has 1 amide bonds. The summed E-state index contributed by atoms with van der Waals surface area (Å²) in [7, 11) is 1.51. The molecule has 2 aromatic carbocycles. The zero-order valence-corrected chi connectivity index (χ0v) is 15.4. The molecule has 0 saturated carbocycles. The van der Waals surface area contributed by atoms with Crippen LogP contribution >= 0.6 is 0 Å². The first-order chi connectivity index (χ1) is 14.1. The van der Waals surface area contributed by atoms with Crippen molar-refractivity contribution in [2.75, 3.05) is 12.4 Å². The summed E-state index contributed by atoms with van der Waals surface area (Å²) >= 11 is 0. The molecule has 0 fully saturated rings.